The molecule has 0 saturated carbocycles. The zero-order chi connectivity index (χ0) is 18.7. The number of halogens is 3. The lowest BCUT2D eigenvalue weighted by atomic mass is 10.2. The van der Waals surface area contributed by atoms with Crippen molar-refractivity contribution in [3.63, 3.8) is 0 Å². The maximum Gasteiger partial charge on any atom is 0.433 e. The molecule has 0 radical (unpaired) electrons. The molecule has 0 unspecified atom stereocenters. The van der Waals surface area contributed by atoms with Crippen molar-refractivity contribution in [2.75, 3.05) is 18.4 Å². The molecule has 136 valence electrons. The molecule has 2 aromatic rings. The average molecular weight is 374 g/mol. The molecule has 0 atom stereocenters. The highest BCUT2D eigenvalue weighted by Crippen LogP contribution is 2.27. The Hall–Kier alpha value is -2.20. The van der Waals surface area contributed by atoms with Crippen LogP contribution in [-0.4, -0.2) is 31.5 Å². The van der Waals surface area contributed by atoms with Crippen molar-refractivity contribution in [1.29, 1.82) is 0 Å². The summed E-state index contributed by atoms with van der Waals surface area (Å²) in [4.78, 5) is 7.18. The van der Waals surface area contributed by atoms with E-state index in [0.717, 1.165) is 17.8 Å². The van der Waals surface area contributed by atoms with Gasteiger partial charge in [-0.2, -0.15) is 13.2 Å². The van der Waals surface area contributed by atoms with Crippen LogP contribution < -0.4 is 10.0 Å². The maximum atomic E-state index is 12.6. The molecule has 1 heterocycles. The molecule has 2 rings (SSSR count). The van der Waals surface area contributed by atoms with E-state index in [1.165, 1.54) is 0 Å². The standard InChI is InChI=1S/C15H17F3N4O2S/c1-10-3-4-11(2)12(9-10)25(23,24)21-8-7-20-14-19-6-5-13(22-14)15(16,17)18/h3-6,9,21H,7-8H2,1-2H3,(H,19,20,22). The number of nitrogens with zero attached hydrogens (tertiary/aromatic N) is 2. The van der Waals surface area contributed by atoms with E-state index in [-0.39, 0.29) is 23.9 Å². The van der Waals surface area contributed by atoms with Gasteiger partial charge in [0, 0.05) is 19.3 Å². The zero-order valence-electron chi connectivity index (χ0n) is 13.6. The third-order valence-corrected chi connectivity index (χ3v) is 4.88. The normalized spacial score (nSPS) is 12.2. The van der Waals surface area contributed by atoms with Gasteiger partial charge in [0.1, 0.15) is 5.69 Å². The van der Waals surface area contributed by atoms with Crippen LogP contribution in [0.5, 0.6) is 0 Å². The van der Waals surface area contributed by atoms with Gasteiger partial charge in [-0.3, -0.25) is 0 Å². The highest BCUT2D eigenvalue weighted by molar-refractivity contribution is 7.89. The summed E-state index contributed by atoms with van der Waals surface area (Å²) in [7, 11) is -3.71. The predicted molar refractivity (Wildman–Crippen MR) is 86.6 cm³/mol. The molecule has 1 aromatic heterocycles. The number of nitrogens with one attached hydrogen (secondary N) is 2. The molecular formula is C15H17F3N4O2S. The van der Waals surface area contributed by atoms with E-state index >= 15 is 0 Å². The summed E-state index contributed by atoms with van der Waals surface area (Å²) in [6.07, 6.45) is -3.58. The van der Waals surface area contributed by atoms with Gasteiger partial charge in [-0.15, -0.1) is 0 Å². The number of hydrogen-bond acceptors (Lipinski definition) is 5. The number of alkyl halides is 3. The molecule has 1 aromatic carbocycles. The molecular weight excluding hydrogens is 357 g/mol. The van der Waals surface area contributed by atoms with E-state index in [9.17, 15) is 21.6 Å². The van der Waals surface area contributed by atoms with Crippen molar-refractivity contribution < 1.29 is 21.6 Å². The average Bonchev–Trinajstić information content (AvgIpc) is 2.53. The second-order valence-electron chi connectivity index (χ2n) is 5.36. The van der Waals surface area contributed by atoms with Gasteiger partial charge in [-0.05, 0) is 37.1 Å². The van der Waals surface area contributed by atoms with Crippen molar-refractivity contribution in [2.24, 2.45) is 0 Å². The summed E-state index contributed by atoms with van der Waals surface area (Å²) in [5.41, 5.74) is 0.342. The first-order chi connectivity index (χ1) is 11.6. The van der Waals surface area contributed by atoms with Gasteiger partial charge in [-0.1, -0.05) is 12.1 Å². The lowest BCUT2D eigenvalue weighted by Crippen LogP contribution is -2.29. The summed E-state index contributed by atoms with van der Waals surface area (Å²) < 4.78 is 64.6. The third kappa shape index (κ3) is 5.13. The molecule has 6 nitrogen and oxygen atoms in total. The van der Waals surface area contributed by atoms with E-state index in [1.54, 1.807) is 32.0 Å². The molecule has 0 aliphatic rings. The van der Waals surface area contributed by atoms with E-state index in [0.29, 0.717) is 5.56 Å². The lowest BCUT2D eigenvalue weighted by molar-refractivity contribution is -0.141. The minimum absolute atomic E-state index is 0.0324. The molecule has 0 amide bonds. The molecule has 2 N–H and O–H groups in total. The summed E-state index contributed by atoms with van der Waals surface area (Å²) in [6, 6.07) is 5.83. The van der Waals surface area contributed by atoms with Crippen LogP contribution in [0.1, 0.15) is 16.8 Å². The molecule has 0 bridgehead atoms. The number of aryl methyl sites for hydroxylation is 2. The Kier molecular flexibility index (Phi) is 5.63. The van der Waals surface area contributed by atoms with Crippen LogP contribution in [0.2, 0.25) is 0 Å². The van der Waals surface area contributed by atoms with Crippen molar-refractivity contribution in [2.45, 2.75) is 24.9 Å². The second kappa shape index (κ2) is 7.36. The maximum absolute atomic E-state index is 12.6. The molecule has 0 saturated heterocycles. The van der Waals surface area contributed by atoms with E-state index in [2.05, 4.69) is 20.0 Å². The predicted octanol–water partition coefficient (Wildman–Crippen LogP) is 2.50. The third-order valence-electron chi connectivity index (χ3n) is 3.28. The van der Waals surface area contributed by atoms with Crippen LogP contribution in [-0.2, 0) is 16.2 Å². The van der Waals surface area contributed by atoms with Crippen LogP contribution >= 0.6 is 0 Å². The Morgan fingerprint density at radius 3 is 2.52 bits per heavy atom. The monoisotopic (exact) mass is 374 g/mol. The number of aromatic nitrogens is 2. The molecule has 0 aliphatic carbocycles. The highest BCUT2D eigenvalue weighted by Gasteiger charge is 2.32. The topological polar surface area (TPSA) is 84.0 Å². The van der Waals surface area contributed by atoms with E-state index in [4.69, 9.17) is 0 Å². The number of rotatable bonds is 6. The molecule has 25 heavy (non-hydrogen) atoms. The molecule has 10 heteroatoms. The van der Waals surface area contributed by atoms with Gasteiger partial charge in [0.15, 0.2) is 0 Å². The smallest absolute Gasteiger partial charge is 0.353 e. The van der Waals surface area contributed by atoms with Gasteiger partial charge in [-0.25, -0.2) is 23.1 Å². The number of hydrogen-bond donors (Lipinski definition) is 2. The fourth-order valence-electron chi connectivity index (χ4n) is 2.04. The summed E-state index contributed by atoms with van der Waals surface area (Å²) in [5.74, 6) is -0.222. The summed E-state index contributed by atoms with van der Waals surface area (Å²) in [6.45, 7) is 3.47. The van der Waals surface area contributed by atoms with Crippen LogP contribution in [0.3, 0.4) is 0 Å². The second-order valence-corrected chi connectivity index (χ2v) is 7.09. The van der Waals surface area contributed by atoms with Gasteiger partial charge in [0.25, 0.3) is 0 Å². The Morgan fingerprint density at radius 2 is 1.84 bits per heavy atom. The first-order valence-corrected chi connectivity index (χ1v) is 8.79. The Bertz CT molecular complexity index is 854. The Balaban J connectivity index is 1.96. The first kappa shape index (κ1) is 19.1. The number of anilines is 1. The number of benzene rings is 1. The van der Waals surface area contributed by atoms with Gasteiger partial charge in [0.2, 0.25) is 16.0 Å². The fraction of sp³-hybridized carbons (Fsp3) is 0.333. The van der Waals surface area contributed by atoms with E-state index < -0.39 is 21.9 Å². The van der Waals surface area contributed by atoms with Crippen LogP contribution in [0, 0.1) is 13.8 Å². The summed E-state index contributed by atoms with van der Waals surface area (Å²) >= 11 is 0. The Labute approximate surface area is 143 Å². The van der Waals surface area contributed by atoms with Gasteiger partial charge in [0.05, 0.1) is 4.90 Å². The SMILES string of the molecule is Cc1ccc(C)c(S(=O)(=O)NCCNc2nccc(C(F)(F)F)n2)c1. The van der Waals surface area contributed by atoms with Crippen LogP contribution in [0.4, 0.5) is 19.1 Å². The van der Waals surface area contributed by atoms with Crippen molar-refractivity contribution in [3.8, 4) is 0 Å². The minimum atomic E-state index is -4.57. The highest BCUT2D eigenvalue weighted by atomic mass is 32.2. The van der Waals surface area contributed by atoms with Gasteiger partial charge < -0.3 is 5.32 Å². The molecule has 0 aliphatic heterocycles. The Morgan fingerprint density at radius 1 is 1.12 bits per heavy atom. The van der Waals surface area contributed by atoms with Gasteiger partial charge >= 0.3 is 6.18 Å². The lowest BCUT2D eigenvalue weighted by Gasteiger charge is -2.11. The number of sulfonamides is 1. The van der Waals surface area contributed by atoms with E-state index in [1.807, 2.05) is 0 Å². The van der Waals surface area contributed by atoms with Crippen molar-refractivity contribution in [3.05, 3.63) is 47.3 Å². The minimum Gasteiger partial charge on any atom is -0.353 e. The first-order valence-electron chi connectivity index (χ1n) is 7.30. The molecule has 0 fully saturated rings. The summed E-state index contributed by atoms with van der Waals surface area (Å²) in [5, 5.41) is 2.56. The van der Waals surface area contributed by atoms with Crippen molar-refractivity contribution >= 4 is 16.0 Å². The fourth-order valence-corrected chi connectivity index (χ4v) is 3.40. The molecule has 0 spiro atoms. The van der Waals surface area contributed by atoms with Crippen molar-refractivity contribution in [1.82, 2.24) is 14.7 Å². The quantitative estimate of drug-likeness (QED) is 0.759. The zero-order valence-corrected chi connectivity index (χ0v) is 14.4. The van der Waals surface area contributed by atoms with Crippen LogP contribution in [0.25, 0.3) is 0 Å². The largest absolute Gasteiger partial charge is 0.433 e. The van der Waals surface area contributed by atoms with Crippen LogP contribution in [0.15, 0.2) is 35.4 Å².